The lowest BCUT2D eigenvalue weighted by atomic mass is 10.4. The molecule has 2 rings (SSSR count). The quantitative estimate of drug-likeness (QED) is 0.643. The highest BCUT2D eigenvalue weighted by Gasteiger charge is 2.08. The van der Waals surface area contributed by atoms with Crippen molar-refractivity contribution in [2.75, 3.05) is 5.75 Å². The molecule has 2 heterocycles. The zero-order valence-electron chi connectivity index (χ0n) is 9.28. The van der Waals surface area contributed by atoms with Crippen LogP contribution in [0.3, 0.4) is 0 Å². The van der Waals surface area contributed by atoms with Gasteiger partial charge >= 0.3 is 5.97 Å². The Balaban J connectivity index is 2.22. The van der Waals surface area contributed by atoms with Crippen LogP contribution in [0.4, 0.5) is 0 Å². The van der Waals surface area contributed by atoms with Crippen molar-refractivity contribution in [3.05, 3.63) is 46.8 Å². The van der Waals surface area contributed by atoms with Crippen LogP contribution in [0.1, 0.15) is 5.76 Å². The van der Waals surface area contributed by atoms with Gasteiger partial charge < -0.3 is 14.1 Å². The van der Waals surface area contributed by atoms with Crippen molar-refractivity contribution in [2.45, 2.75) is 11.7 Å². The van der Waals surface area contributed by atoms with Crippen LogP contribution in [0.5, 0.6) is 0 Å². The minimum absolute atomic E-state index is 0.144. The third-order valence-electron chi connectivity index (χ3n) is 2.08. The van der Waals surface area contributed by atoms with Crippen LogP contribution in [-0.2, 0) is 11.3 Å². The molecule has 0 atom stereocenters. The van der Waals surface area contributed by atoms with E-state index >= 15 is 0 Å². The summed E-state index contributed by atoms with van der Waals surface area (Å²) in [6.45, 7) is 0.405. The number of aromatic nitrogens is 2. The summed E-state index contributed by atoms with van der Waals surface area (Å²) in [5, 5.41) is 9.00. The topological polar surface area (TPSA) is 85.3 Å². The lowest BCUT2D eigenvalue weighted by molar-refractivity contribution is -0.133. The van der Waals surface area contributed by atoms with E-state index in [1.54, 1.807) is 29.2 Å². The molecule has 0 fully saturated rings. The van der Waals surface area contributed by atoms with Gasteiger partial charge in [-0.05, 0) is 12.1 Å². The van der Waals surface area contributed by atoms with Gasteiger partial charge in [0, 0.05) is 12.3 Å². The number of carboxylic acids is 1. The molecule has 1 N–H and O–H groups in total. The fourth-order valence-electron chi connectivity index (χ4n) is 1.35. The molecule has 6 nitrogen and oxygen atoms in total. The highest BCUT2D eigenvalue weighted by Crippen LogP contribution is 2.15. The Morgan fingerprint density at radius 1 is 1.50 bits per heavy atom. The van der Waals surface area contributed by atoms with Crippen molar-refractivity contribution in [2.24, 2.45) is 0 Å². The van der Waals surface area contributed by atoms with Crippen molar-refractivity contribution in [1.82, 2.24) is 9.55 Å². The highest BCUT2D eigenvalue weighted by molar-refractivity contribution is 7.99. The highest BCUT2D eigenvalue weighted by atomic mass is 32.2. The summed E-state index contributed by atoms with van der Waals surface area (Å²) < 4.78 is 6.87. The first-order chi connectivity index (χ1) is 8.65. The first kappa shape index (κ1) is 12.4. The van der Waals surface area contributed by atoms with Crippen LogP contribution in [0.2, 0.25) is 0 Å². The SMILES string of the molecule is O=C(O)CSc1nc(=O)ccn1Cc1ccco1. The minimum atomic E-state index is -0.956. The van der Waals surface area contributed by atoms with Crippen LogP contribution in [0, 0.1) is 0 Å². The van der Waals surface area contributed by atoms with Gasteiger partial charge in [-0.25, -0.2) is 0 Å². The standard InChI is InChI=1S/C11H10N2O4S/c14-9-3-4-13(6-8-2-1-5-17-8)11(12-9)18-7-10(15)16/h1-5H,6-7H2,(H,15,16). The molecule has 0 saturated carbocycles. The number of aliphatic carboxylic acids is 1. The Bertz CT molecular complexity index is 591. The predicted molar refractivity (Wildman–Crippen MR) is 64.7 cm³/mol. The second-order valence-electron chi connectivity index (χ2n) is 3.44. The Labute approximate surface area is 106 Å². The summed E-state index contributed by atoms with van der Waals surface area (Å²) in [4.78, 5) is 25.5. The summed E-state index contributed by atoms with van der Waals surface area (Å²) in [5.41, 5.74) is -0.390. The molecular formula is C11H10N2O4S. The molecule has 7 heteroatoms. The largest absolute Gasteiger partial charge is 0.481 e. The van der Waals surface area contributed by atoms with E-state index in [-0.39, 0.29) is 5.75 Å². The second kappa shape index (κ2) is 5.54. The Kier molecular flexibility index (Phi) is 3.83. The van der Waals surface area contributed by atoms with Gasteiger partial charge in [0.2, 0.25) is 0 Å². The van der Waals surface area contributed by atoms with E-state index in [9.17, 15) is 9.59 Å². The lowest BCUT2D eigenvalue weighted by Crippen LogP contribution is -2.14. The van der Waals surface area contributed by atoms with Gasteiger partial charge in [-0.15, -0.1) is 0 Å². The lowest BCUT2D eigenvalue weighted by Gasteiger charge is -2.08. The molecule has 0 unspecified atom stereocenters. The van der Waals surface area contributed by atoms with E-state index in [0.717, 1.165) is 11.8 Å². The van der Waals surface area contributed by atoms with Crippen LogP contribution in [0.25, 0.3) is 0 Å². The first-order valence-electron chi connectivity index (χ1n) is 5.09. The van der Waals surface area contributed by atoms with Gasteiger partial charge in [-0.1, -0.05) is 11.8 Å². The normalized spacial score (nSPS) is 10.4. The van der Waals surface area contributed by atoms with E-state index in [1.165, 1.54) is 6.07 Å². The molecule has 0 aliphatic heterocycles. The number of nitrogens with zero attached hydrogens (tertiary/aromatic N) is 2. The third kappa shape index (κ3) is 3.24. The number of carbonyl (C=O) groups is 1. The zero-order valence-corrected chi connectivity index (χ0v) is 10.1. The van der Waals surface area contributed by atoms with Crippen molar-refractivity contribution >= 4 is 17.7 Å². The third-order valence-corrected chi connectivity index (χ3v) is 3.05. The summed E-state index contributed by atoms with van der Waals surface area (Å²) in [6, 6.07) is 4.88. The summed E-state index contributed by atoms with van der Waals surface area (Å²) >= 11 is 1.00. The van der Waals surface area contributed by atoms with Gasteiger partial charge in [-0.2, -0.15) is 4.98 Å². The molecule has 0 bridgehead atoms. The maximum atomic E-state index is 11.2. The number of thioether (sulfide) groups is 1. The second-order valence-corrected chi connectivity index (χ2v) is 4.38. The fraction of sp³-hybridized carbons (Fsp3) is 0.182. The summed E-state index contributed by atoms with van der Waals surface area (Å²) in [5.74, 6) is -0.394. The van der Waals surface area contributed by atoms with Crippen molar-refractivity contribution in [3.8, 4) is 0 Å². The number of carboxylic acid groups (broad SMARTS) is 1. The van der Waals surface area contributed by atoms with Crippen LogP contribution >= 0.6 is 11.8 Å². The van der Waals surface area contributed by atoms with E-state index in [1.807, 2.05) is 0 Å². The van der Waals surface area contributed by atoms with Crippen LogP contribution < -0.4 is 5.56 Å². The maximum absolute atomic E-state index is 11.2. The van der Waals surface area contributed by atoms with Gasteiger partial charge in [-0.3, -0.25) is 9.59 Å². The molecule has 2 aromatic rings. The Hall–Kier alpha value is -2.02. The number of hydrogen-bond donors (Lipinski definition) is 1. The Morgan fingerprint density at radius 3 is 3.00 bits per heavy atom. The zero-order chi connectivity index (χ0) is 13.0. The number of rotatable bonds is 5. The number of hydrogen-bond acceptors (Lipinski definition) is 5. The van der Waals surface area contributed by atoms with Crippen LogP contribution in [-0.4, -0.2) is 26.4 Å². The summed E-state index contributed by atoms with van der Waals surface area (Å²) in [7, 11) is 0. The average molecular weight is 266 g/mol. The fourth-order valence-corrected chi connectivity index (χ4v) is 2.04. The molecule has 0 aliphatic carbocycles. The molecule has 0 saturated heterocycles. The van der Waals surface area contributed by atoms with E-state index in [0.29, 0.717) is 17.5 Å². The van der Waals surface area contributed by atoms with Crippen molar-refractivity contribution in [1.29, 1.82) is 0 Å². The molecule has 94 valence electrons. The molecule has 18 heavy (non-hydrogen) atoms. The first-order valence-corrected chi connectivity index (χ1v) is 6.08. The van der Waals surface area contributed by atoms with E-state index in [2.05, 4.69) is 4.98 Å². The van der Waals surface area contributed by atoms with E-state index < -0.39 is 11.5 Å². The summed E-state index contributed by atoms with van der Waals surface area (Å²) in [6.07, 6.45) is 3.12. The monoisotopic (exact) mass is 266 g/mol. The molecule has 0 aliphatic rings. The molecule has 0 amide bonds. The molecule has 0 aromatic carbocycles. The predicted octanol–water partition coefficient (Wildman–Crippen LogP) is 1.06. The molecule has 2 aromatic heterocycles. The number of furan rings is 1. The minimum Gasteiger partial charge on any atom is -0.481 e. The average Bonchev–Trinajstić information content (AvgIpc) is 2.82. The van der Waals surface area contributed by atoms with Crippen LogP contribution in [0.15, 0.2) is 45.0 Å². The molecule has 0 radical (unpaired) electrons. The van der Waals surface area contributed by atoms with Gasteiger partial charge in [0.1, 0.15) is 5.76 Å². The van der Waals surface area contributed by atoms with E-state index in [4.69, 9.17) is 9.52 Å². The van der Waals surface area contributed by atoms with Gasteiger partial charge in [0.25, 0.3) is 5.56 Å². The van der Waals surface area contributed by atoms with Crippen molar-refractivity contribution < 1.29 is 14.3 Å². The van der Waals surface area contributed by atoms with Gasteiger partial charge in [0.15, 0.2) is 5.16 Å². The molecule has 0 spiro atoms. The Morgan fingerprint density at radius 2 is 2.33 bits per heavy atom. The smallest absolute Gasteiger partial charge is 0.313 e. The van der Waals surface area contributed by atoms with Crippen molar-refractivity contribution in [3.63, 3.8) is 0 Å². The van der Waals surface area contributed by atoms with Gasteiger partial charge in [0.05, 0.1) is 18.6 Å². The maximum Gasteiger partial charge on any atom is 0.313 e. The molecular weight excluding hydrogens is 256 g/mol.